The molecule has 3 unspecified atom stereocenters. The summed E-state index contributed by atoms with van der Waals surface area (Å²) in [6, 6.07) is 7.47. The predicted octanol–water partition coefficient (Wildman–Crippen LogP) is -1.46. The van der Waals surface area contributed by atoms with Crippen LogP contribution in [0.2, 0.25) is 0 Å². The minimum absolute atomic E-state index is 0.0843. The monoisotopic (exact) mass is 540 g/mol. The molecule has 3 amide bonds. The maximum absolute atomic E-state index is 13.5. The molecule has 5 aliphatic heterocycles. The van der Waals surface area contributed by atoms with E-state index in [9.17, 15) is 24.6 Å². The lowest BCUT2D eigenvalue weighted by Crippen LogP contribution is -2.77. The molecule has 1 aromatic carbocycles. The van der Waals surface area contributed by atoms with Gasteiger partial charge in [0.15, 0.2) is 23.7 Å². The number of aliphatic imine (C=N–C) groups is 2. The molecule has 5 heterocycles. The molecule has 3 saturated heterocycles. The molecule has 14 heteroatoms. The van der Waals surface area contributed by atoms with E-state index in [1.807, 2.05) is 30.3 Å². The van der Waals surface area contributed by atoms with Gasteiger partial charge in [0.05, 0.1) is 25.2 Å². The third kappa shape index (κ3) is 3.80. The molecule has 39 heavy (non-hydrogen) atoms. The van der Waals surface area contributed by atoms with Crippen molar-refractivity contribution in [3.8, 4) is 0 Å². The molecule has 3 fully saturated rings. The van der Waals surface area contributed by atoms with Crippen molar-refractivity contribution in [2.45, 2.75) is 67.8 Å². The number of nitrogens with two attached hydrogens (primary N) is 2. The third-order valence-electron chi connectivity index (χ3n) is 8.44. The van der Waals surface area contributed by atoms with Crippen LogP contribution >= 0.6 is 0 Å². The zero-order valence-corrected chi connectivity index (χ0v) is 21.3. The van der Waals surface area contributed by atoms with Crippen LogP contribution in [-0.4, -0.2) is 104 Å². The predicted molar refractivity (Wildman–Crippen MR) is 137 cm³/mol. The molecule has 5 atom stereocenters. The Bertz CT molecular complexity index is 1240. The van der Waals surface area contributed by atoms with Crippen LogP contribution in [0.5, 0.6) is 0 Å². The minimum atomic E-state index is -2.71. The van der Waals surface area contributed by atoms with Gasteiger partial charge in [0.25, 0.3) is 0 Å². The Morgan fingerprint density at radius 3 is 2.54 bits per heavy atom. The maximum atomic E-state index is 13.5. The van der Waals surface area contributed by atoms with Crippen molar-refractivity contribution in [3.05, 3.63) is 35.9 Å². The second-order valence-corrected chi connectivity index (χ2v) is 10.6. The molecular formula is C25H32N8O6. The van der Waals surface area contributed by atoms with E-state index in [-0.39, 0.29) is 55.7 Å². The Hall–Kier alpha value is -3.91. The van der Waals surface area contributed by atoms with Crippen molar-refractivity contribution in [2.75, 3.05) is 19.6 Å². The molecule has 1 spiro atoms. The highest BCUT2D eigenvalue weighted by atomic mass is 16.6. The van der Waals surface area contributed by atoms with Gasteiger partial charge in [-0.2, -0.15) is 0 Å². The molecule has 0 bridgehead atoms. The largest absolute Gasteiger partial charge is 0.438 e. The van der Waals surface area contributed by atoms with Crippen LogP contribution < -0.4 is 16.8 Å². The molecular weight excluding hydrogens is 508 g/mol. The summed E-state index contributed by atoms with van der Waals surface area (Å²) in [6.07, 6.45) is 0.574. The number of hydrogen-bond acceptors (Lipinski definition) is 12. The number of carbonyl (C=O) groups excluding carboxylic acids is 3. The maximum Gasteiger partial charge on any atom is 0.410 e. The zero-order valence-electron chi connectivity index (χ0n) is 21.3. The Kier molecular flexibility index (Phi) is 5.91. The van der Waals surface area contributed by atoms with Crippen LogP contribution in [-0.2, 0) is 14.3 Å². The number of aliphatic hydroxyl groups is 2. The fourth-order valence-corrected chi connectivity index (χ4v) is 6.55. The van der Waals surface area contributed by atoms with E-state index in [1.54, 1.807) is 4.90 Å². The fourth-order valence-electron chi connectivity index (χ4n) is 6.55. The van der Waals surface area contributed by atoms with Crippen molar-refractivity contribution in [3.63, 3.8) is 0 Å². The number of likely N-dealkylation sites (tertiary alicyclic amines) is 2. The molecule has 5 aliphatic rings. The standard InChI is InChI=1S/C25H32N8O6/c26-21-29-20-15(12-32-18(34)9-10-19(32)35)28-22(27)33-13-17(25(37,38)24(20,33)30-21)39-23(36)31-11-5-4-8-16(31)14-6-2-1-3-7-14/h1-3,6-7,15-17,20,37-38H,4-5,8-13H2,(H2,27,28)(H3,26,29,30)/t15?,16?,17?,20-,24-/m0/s1. The van der Waals surface area contributed by atoms with Gasteiger partial charge in [0.2, 0.25) is 17.6 Å². The van der Waals surface area contributed by atoms with Crippen molar-refractivity contribution < 1.29 is 29.3 Å². The first kappa shape index (κ1) is 25.4. The number of carbonyl (C=O) groups is 3. The number of rotatable bonds is 4. The second kappa shape index (κ2) is 9.09. The molecule has 14 nitrogen and oxygen atoms in total. The van der Waals surface area contributed by atoms with Crippen LogP contribution in [0.3, 0.4) is 0 Å². The Morgan fingerprint density at radius 1 is 1.10 bits per heavy atom. The third-order valence-corrected chi connectivity index (χ3v) is 8.44. The summed E-state index contributed by atoms with van der Waals surface area (Å²) < 4.78 is 5.78. The number of guanidine groups is 2. The highest BCUT2D eigenvalue weighted by Gasteiger charge is 2.74. The van der Waals surface area contributed by atoms with E-state index in [4.69, 9.17) is 16.2 Å². The average Bonchev–Trinajstić information content (AvgIpc) is 3.52. The summed E-state index contributed by atoms with van der Waals surface area (Å²) in [5, 5.41) is 26.1. The van der Waals surface area contributed by atoms with Gasteiger partial charge in [0, 0.05) is 19.4 Å². The lowest BCUT2D eigenvalue weighted by atomic mass is 9.85. The van der Waals surface area contributed by atoms with Crippen molar-refractivity contribution in [1.82, 2.24) is 20.0 Å². The molecule has 1 aromatic rings. The molecule has 0 aliphatic carbocycles. The summed E-state index contributed by atoms with van der Waals surface area (Å²) in [5.74, 6) is -3.59. The first-order chi connectivity index (χ1) is 18.6. The summed E-state index contributed by atoms with van der Waals surface area (Å²) in [4.78, 5) is 50.9. The molecule has 208 valence electrons. The Morgan fingerprint density at radius 2 is 1.82 bits per heavy atom. The Labute approximate surface area is 224 Å². The summed E-state index contributed by atoms with van der Waals surface area (Å²) in [6.45, 7) is 0.118. The SMILES string of the molecule is NC1=N[C@H]2C(CN3C(=O)CCC3=O)N=C(N)N3CC(OC(=O)N4CCCCC4c4ccccc4)C(O)(O)[C@]23N1. The molecule has 0 radical (unpaired) electrons. The van der Waals surface area contributed by atoms with Gasteiger partial charge in [-0.1, -0.05) is 30.3 Å². The highest BCUT2D eigenvalue weighted by molar-refractivity contribution is 6.02. The van der Waals surface area contributed by atoms with Crippen LogP contribution in [0.1, 0.15) is 43.7 Å². The van der Waals surface area contributed by atoms with Crippen LogP contribution in [0.15, 0.2) is 40.3 Å². The number of nitrogens with zero attached hydrogens (tertiary/aromatic N) is 5. The Balaban J connectivity index is 1.27. The molecule has 0 aromatic heterocycles. The molecule has 6 rings (SSSR count). The topological polar surface area (TPSA) is 199 Å². The quantitative estimate of drug-likeness (QED) is 0.222. The van der Waals surface area contributed by atoms with E-state index < -0.39 is 35.7 Å². The van der Waals surface area contributed by atoms with Gasteiger partial charge >= 0.3 is 6.09 Å². The number of hydrogen-bond donors (Lipinski definition) is 5. The lowest BCUT2D eigenvalue weighted by molar-refractivity contribution is -0.257. The van der Waals surface area contributed by atoms with Crippen molar-refractivity contribution >= 4 is 29.8 Å². The number of amides is 3. The van der Waals surface area contributed by atoms with Gasteiger partial charge in [-0.25, -0.2) is 14.8 Å². The second-order valence-electron chi connectivity index (χ2n) is 10.6. The minimum Gasteiger partial charge on any atom is -0.438 e. The van der Waals surface area contributed by atoms with Crippen LogP contribution in [0, 0.1) is 0 Å². The lowest BCUT2D eigenvalue weighted by Gasteiger charge is -2.49. The van der Waals surface area contributed by atoms with Gasteiger partial charge in [-0.15, -0.1) is 0 Å². The van der Waals surface area contributed by atoms with E-state index in [0.29, 0.717) is 6.54 Å². The normalized spacial score (nSPS) is 33.3. The van der Waals surface area contributed by atoms with Gasteiger partial charge < -0.3 is 41.5 Å². The average molecular weight is 541 g/mol. The number of benzene rings is 1. The van der Waals surface area contributed by atoms with Gasteiger partial charge in [0.1, 0.15) is 6.04 Å². The number of nitrogens with one attached hydrogen (secondary N) is 1. The van der Waals surface area contributed by atoms with E-state index in [2.05, 4.69) is 15.3 Å². The van der Waals surface area contributed by atoms with E-state index in [0.717, 1.165) is 29.7 Å². The summed E-state index contributed by atoms with van der Waals surface area (Å²) >= 11 is 0. The number of ether oxygens (including phenoxy) is 1. The van der Waals surface area contributed by atoms with Crippen molar-refractivity contribution in [2.24, 2.45) is 21.5 Å². The zero-order chi connectivity index (χ0) is 27.5. The first-order valence-corrected chi connectivity index (χ1v) is 13.2. The van der Waals surface area contributed by atoms with E-state index in [1.165, 1.54) is 4.90 Å². The number of imide groups is 1. The molecule has 7 N–H and O–H groups in total. The molecule has 0 saturated carbocycles. The van der Waals surface area contributed by atoms with Gasteiger partial charge in [-0.05, 0) is 24.8 Å². The smallest absolute Gasteiger partial charge is 0.410 e. The van der Waals surface area contributed by atoms with Crippen LogP contribution in [0.4, 0.5) is 4.79 Å². The van der Waals surface area contributed by atoms with Gasteiger partial charge in [-0.3, -0.25) is 14.5 Å². The summed E-state index contributed by atoms with van der Waals surface area (Å²) in [5.41, 5.74) is 11.4. The summed E-state index contributed by atoms with van der Waals surface area (Å²) in [7, 11) is 0. The fraction of sp³-hybridized carbons (Fsp3) is 0.560. The van der Waals surface area contributed by atoms with Crippen LogP contribution in [0.25, 0.3) is 0 Å². The highest BCUT2D eigenvalue weighted by Crippen LogP contribution is 2.46. The van der Waals surface area contributed by atoms with Crippen molar-refractivity contribution in [1.29, 1.82) is 0 Å². The first-order valence-electron chi connectivity index (χ1n) is 13.2. The number of piperidine rings is 1. The van der Waals surface area contributed by atoms with E-state index >= 15 is 0 Å².